The van der Waals surface area contributed by atoms with Crippen molar-refractivity contribution in [3.63, 3.8) is 0 Å². The summed E-state index contributed by atoms with van der Waals surface area (Å²) in [6.45, 7) is 6.68. The molecule has 13 heavy (non-hydrogen) atoms. The molecule has 1 radical (unpaired) electrons. The second-order valence-corrected chi connectivity index (χ2v) is 3.77. The molecule has 0 unspecified atom stereocenters. The Hall–Kier alpha value is -1.02. The fourth-order valence-corrected chi connectivity index (χ4v) is 2.19. The maximum atomic E-state index is 5.51. The Kier molecular flexibility index (Phi) is 2.23. The van der Waals surface area contributed by atoms with E-state index in [1.165, 1.54) is 10.8 Å². The Morgan fingerprint density at radius 3 is 3.00 bits per heavy atom. The van der Waals surface area contributed by atoms with Crippen LogP contribution in [0.25, 0.3) is 10.8 Å². The van der Waals surface area contributed by atoms with E-state index in [-0.39, 0.29) is 0 Å². The average Bonchev–Trinajstić information content (AvgIpc) is 2.50. The van der Waals surface area contributed by atoms with Crippen LogP contribution in [0, 0.1) is 6.92 Å². The third-order valence-corrected chi connectivity index (χ3v) is 2.84. The number of fused-ring (bicyclic) bond motifs is 1. The lowest BCUT2D eigenvalue weighted by Crippen LogP contribution is -1.90. The van der Waals surface area contributed by atoms with Gasteiger partial charge in [0.05, 0.1) is 6.61 Å². The van der Waals surface area contributed by atoms with Crippen molar-refractivity contribution in [3.8, 4) is 5.75 Å². The van der Waals surface area contributed by atoms with Crippen LogP contribution >= 0.6 is 11.3 Å². The summed E-state index contributed by atoms with van der Waals surface area (Å²) >= 11 is 1.67. The summed E-state index contributed by atoms with van der Waals surface area (Å²) in [7, 11) is 0. The molecule has 1 aromatic carbocycles. The Labute approximate surface area is 82.0 Å². The summed E-state index contributed by atoms with van der Waals surface area (Å²) in [6, 6.07) is 6.09. The van der Waals surface area contributed by atoms with Crippen molar-refractivity contribution in [1.29, 1.82) is 0 Å². The molecule has 0 aliphatic heterocycles. The van der Waals surface area contributed by atoms with Gasteiger partial charge >= 0.3 is 0 Å². The second kappa shape index (κ2) is 3.38. The van der Waals surface area contributed by atoms with Crippen LogP contribution in [0.1, 0.15) is 11.8 Å². The van der Waals surface area contributed by atoms with Crippen molar-refractivity contribution >= 4 is 22.1 Å². The van der Waals surface area contributed by atoms with E-state index in [0.717, 1.165) is 10.6 Å². The highest BCUT2D eigenvalue weighted by Crippen LogP contribution is 2.31. The predicted octanol–water partition coefficient (Wildman–Crippen LogP) is 3.48. The zero-order chi connectivity index (χ0) is 9.26. The van der Waals surface area contributed by atoms with Crippen LogP contribution in [0.4, 0.5) is 0 Å². The minimum atomic E-state index is 0.710. The van der Waals surface area contributed by atoms with Crippen molar-refractivity contribution < 1.29 is 4.74 Å². The zero-order valence-corrected chi connectivity index (χ0v) is 8.36. The van der Waals surface area contributed by atoms with Crippen molar-refractivity contribution in [1.82, 2.24) is 0 Å². The van der Waals surface area contributed by atoms with Gasteiger partial charge < -0.3 is 4.74 Å². The number of hydrogen-bond donors (Lipinski definition) is 0. The minimum Gasteiger partial charge on any atom is -0.493 e. The van der Waals surface area contributed by atoms with Gasteiger partial charge in [0, 0.05) is 15.6 Å². The molecule has 0 atom stereocenters. The molecule has 0 amide bonds. The van der Waals surface area contributed by atoms with E-state index in [9.17, 15) is 0 Å². The van der Waals surface area contributed by atoms with Gasteiger partial charge in [-0.2, -0.15) is 0 Å². The number of ether oxygens (including phenoxy) is 1. The highest BCUT2D eigenvalue weighted by molar-refractivity contribution is 7.11. The molecule has 0 fully saturated rings. The van der Waals surface area contributed by atoms with Crippen molar-refractivity contribution in [2.45, 2.75) is 6.92 Å². The largest absolute Gasteiger partial charge is 0.493 e. The first-order chi connectivity index (χ1) is 6.33. The number of thiophene rings is 1. The first kappa shape index (κ1) is 8.57. The molecule has 0 aliphatic carbocycles. The average molecular weight is 191 g/mol. The van der Waals surface area contributed by atoms with Crippen LogP contribution in [-0.2, 0) is 0 Å². The molecular formula is C11H11OS. The monoisotopic (exact) mass is 191 g/mol. The normalized spacial score (nSPS) is 10.6. The maximum absolute atomic E-state index is 5.51. The summed E-state index contributed by atoms with van der Waals surface area (Å²) in [5, 5.41) is 4.48. The zero-order valence-electron chi connectivity index (χ0n) is 7.54. The first-order valence-electron chi connectivity index (χ1n) is 4.28. The fraction of sp³-hybridized carbons (Fsp3) is 0.182. The summed E-state index contributed by atoms with van der Waals surface area (Å²) < 4.78 is 5.51. The van der Waals surface area contributed by atoms with Crippen LogP contribution in [0.2, 0.25) is 0 Å². The molecule has 2 heteroatoms. The topological polar surface area (TPSA) is 9.23 Å². The van der Waals surface area contributed by atoms with Crippen LogP contribution in [0.15, 0.2) is 23.6 Å². The molecule has 67 valence electrons. The van der Waals surface area contributed by atoms with Gasteiger partial charge in [0.1, 0.15) is 5.75 Å². The summed E-state index contributed by atoms with van der Waals surface area (Å²) in [6.07, 6.45) is 0. The highest BCUT2D eigenvalue weighted by atomic mass is 32.1. The second-order valence-electron chi connectivity index (χ2n) is 2.81. The van der Waals surface area contributed by atoms with E-state index in [1.54, 1.807) is 11.3 Å². The number of rotatable bonds is 2. The molecular weight excluding hydrogens is 180 g/mol. The maximum Gasteiger partial charge on any atom is 0.127 e. The van der Waals surface area contributed by atoms with E-state index >= 15 is 0 Å². The molecule has 2 aromatic rings. The predicted molar refractivity (Wildman–Crippen MR) is 57.5 cm³/mol. The fourth-order valence-electron chi connectivity index (χ4n) is 1.38. The molecule has 0 aliphatic rings. The molecule has 0 N–H and O–H groups in total. The summed E-state index contributed by atoms with van der Waals surface area (Å²) in [4.78, 5) is 1.11. The molecule has 0 spiro atoms. The van der Waals surface area contributed by atoms with Crippen LogP contribution in [0.3, 0.4) is 0 Å². The van der Waals surface area contributed by atoms with E-state index in [4.69, 9.17) is 4.74 Å². The molecule has 2 rings (SSSR count). The van der Waals surface area contributed by atoms with Crippen LogP contribution in [-0.4, -0.2) is 6.61 Å². The molecule has 1 aromatic heterocycles. The van der Waals surface area contributed by atoms with Gasteiger partial charge in [-0.3, -0.25) is 0 Å². The standard InChI is InChI=1S/C11H11OS/c1-3-12-11-6-4-5-9-8(2)13-7-10(9)11/h4-7H,2-3H2,1H3. The van der Waals surface area contributed by atoms with Crippen LogP contribution in [0.5, 0.6) is 5.75 Å². The molecule has 0 saturated heterocycles. The van der Waals surface area contributed by atoms with Gasteiger partial charge in [-0.15, -0.1) is 11.3 Å². The lowest BCUT2D eigenvalue weighted by Gasteiger charge is -2.03. The van der Waals surface area contributed by atoms with Gasteiger partial charge in [-0.05, 0) is 25.3 Å². The third kappa shape index (κ3) is 1.42. The number of hydrogen-bond acceptors (Lipinski definition) is 2. The lowest BCUT2D eigenvalue weighted by molar-refractivity contribution is 0.344. The molecule has 0 saturated carbocycles. The third-order valence-electron chi connectivity index (χ3n) is 1.99. The molecule has 0 bridgehead atoms. The summed E-state index contributed by atoms with van der Waals surface area (Å²) in [5.41, 5.74) is 0. The van der Waals surface area contributed by atoms with Gasteiger partial charge in [0.25, 0.3) is 0 Å². The van der Waals surface area contributed by atoms with Gasteiger partial charge in [0.2, 0.25) is 0 Å². The van der Waals surface area contributed by atoms with E-state index < -0.39 is 0 Å². The van der Waals surface area contributed by atoms with E-state index in [2.05, 4.69) is 18.4 Å². The van der Waals surface area contributed by atoms with Crippen LogP contribution < -0.4 is 4.74 Å². The number of benzene rings is 1. The quantitative estimate of drug-likeness (QED) is 0.706. The van der Waals surface area contributed by atoms with Crippen molar-refractivity contribution in [2.75, 3.05) is 6.61 Å². The van der Waals surface area contributed by atoms with Gasteiger partial charge in [-0.1, -0.05) is 12.1 Å². The SMILES string of the molecule is [CH2]c1scc2c(OCC)cccc12. The Bertz CT molecular complexity index is 417. The summed E-state index contributed by atoms with van der Waals surface area (Å²) in [5.74, 6) is 0.964. The lowest BCUT2D eigenvalue weighted by atomic mass is 10.2. The minimum absolute atomic E-state index is 0.710. The van der Waals surface area contributed by atoms with Gasteiger partial charge in [-0.25, -0.2) is 0 Å². The Morgan fingerprint density at radius 2 is 2.23 bits per heavy atom. The van der Waals surface area contributed by atoms with Crippen molar-refractivity contribution in [3.05, 3.63) is 35.4 Å². The van der Waals surface area contributed by atoms with E-state index in [1.807, 2.05) is 19.1 Å². The Balaban J connectivity index is 2.63. The van der Waals surface area contributed by atoms with Crippen molar-refractivity contribution in [2.24, 2.45) is 0 Å². The highest BCUT2D eigenvalue weighted by Gasteiger charge is 2.04. The molecule has 1 nitrogen and oxygen atoms in total. The molecule has 1 heterocycles. The Morgan fingerprint density at radius 1 is 1.38 bits per heavy atom. The van der Waals surface area contributed by atoms with E-state index in [0.29, 0.717) is 6.61 Å². The smallest absolute Gasteiger partial charge is 0.127 e. The first-order valence-corrected chi connectivity index (χ1v) is 5.16. The van der Waals surface area contributed by atoms with Gasteiger partial charge in [0.15, 0.2) is 0 Å².